The summed E-state index contributed by atoms with van der Waals surface area (Å²) in [6.07, 6.45) is 0.137. The van der Waals surface area contributed by atoms with Gasteiger partial charge in [0.15, 0.2) is 0 Å². The average molecular weight is 276 g/mol. The molecule has 0 spiro atoms. The van der Waals surface area contributed by atoms with E-state index < -0.39 is 18.4 Å². The smallest absolute Gasteiger partial charge is 0.322 e. The third kappa shape index (κ3) is 3.57. The summed E-state index contributed by atoms with van der Waals surface area (Å²) < 4.78 is 0. The van der Waals surface area contributed by atoms with Crippen molar-refractivity contribution in [3.63, 3.8) is 0 Å². The standard InChI is InChI=1S/C14H16N2O4/c17-12-6-11(14(20)15-7-13(18)19)9-16(12)8-10-4-2-1-3-5-10/h1-5,11H,6-9H2,(H,15,20)(H,18,19). The number of nitrogens with one attached hydrogen (secondary N) is 1. The summed E-state index contributed by atoms with van der Waals surface area (Å²) in [5.41, 5.74) is 1.01. The van der Waals surface area contributed by atoms with Crippen LogP contribution in [0, 0.1) is 5.92 Å². The molecule has 1 fully saturated rings. The quantitative estimate of drug-likeness (QED) is 0.806. The van der Waals surface area contributed by atoms with Gasteiger partial charge in [-0.2, -0.15) is 0 Å². The lowest BCUT2D eigenvalue weighted by Crippen LogP contribution is -2.35. The fraction of sp³-hybridized carbons (Fsp3) is 0.357. The molecule has 20 heavy (non-hydrogen) atoms. The van der Waals surface area contributed by atoms with E-state index in [2.05, 4.69) is 5.32 Å². The maximum Gasteiger partial charge on any atom is 0.322 e. The second-order valence-corrected chi connectivity index (χ2v) is 4.77. The van der Waals surface area contributed by atoms with Crippen molar-refractivity contribution >= 4 is 17.8 Å². The second kappa shape index (κ2) is 6.18. The Balaban J connectivity index is 1.90. The fourth-order valence-corrected chi connectivity index (χ4v) is 2.21. The summed E-state index contributed by atoms with van der Waals surface area (Å²) in [5.74, 6) is -2.02. The van der Waals surface area contributed by atoms with Crippen LogP contribution in [0.25, 0.3) is 0 Å². The number of carbonyl (C=O) groups is 3. The van der Waals surface area contributed by atoms with E-state index >= 15 is 0 Å². The van der Waals surface area contributed by atoms with Crippen LogP contribution in [0.4, 0.5) is 0 Å². The fourth-order valence-electron chi connectivity index (χ4n) is 2.21. The Morgan fingerprint density at radius 1 is 1.30 bits per heavy atom. The van der Waals surface area contributed by atoms with Crippen molar-refractivity contribution in [2.45, 2.75) is 13.0 Å². The van der Waals surface area contributed by atoms with Crippen molar-refractivity contribution in [2.24, 2.45) is 5.92 Å². The highest BCUT2D eigenvalue weighted by Gasteiger charge is 2.34. The van der Waals surface area contributed by atoms with Gasteiger partial charge in [-0.3, -0.25) is 14.4 Å². The predicted octanol–water partition coefficient (Wildman–Crippen LogP) is 0.236. The van der Waals surface area contributed by atoms with E-state index in [9.17, 15) is 14.4 Å². The van der Waals surface area contributed by atoms with Gasteiger partial charge in [-0.25, -0.2) is 0 Å². The first-order chi connectivity index (χ1) is 9.56. The van der Waals surface area contributed by atoms with Crippen molar-refractivity contribution in [3.8, 4) is 0 Å². The molecule has 2 rings (SSSR count). The third-order valence-corrected chi connectivity index (χ3v) is 3.22. The molecule has 106 valence electrons. The van der Waals surface area contributed by atoms with Crippen LogP contribution in [0.5, 0.6) is 0 Å². The number of carboxylic acid groups (broad SMARTS) is 1. The van der Waals surface area contributed by atoms with Crippen molar-refractivity contribution in [2.75, 3.05) is 13.1 Å². The molecule has 0 bridgehead atoms. The predicted molar refractivity (Wildman–Crippen MR) is 70.6 cm³/mol. The number of benzene rings is 1. The molecular formula is C14H16N2O4. The van der Waals surface area contributed by atoms with Crippen molar-refractivity contribution in [1.82, 2.24) is 10.2 Å². The van der Waals surface area contributed by atoms with Crippen LogP contribution in [-0.2, 0) is 20.9 Å². The zero-order chi connectivity index (χ0) is 14.5. The first kappa shape index (κ1) is 14.0. The number of rotatable bonds is 5. The molecule has 2 N–H and O–H groups in total. The van der Waals surface area contributed by atoms with Gasteiger partial charge in [0, 0.05) is 19.5 Å². The molecule has 1 heterocycles. The van der Waals surface area contributed by atoms with Gasteiger partial charge >= 0.3 is 5.97 Å². The summed E-state index contributed by atoms with van der Waals surface area (Å²) in [6.45, 7) is 0.393. The lowest BCUT2D eigenvalue weighted by atomic mass is 10.1. The van der Waals surface area contributed by atoms with Crippen LogP contribution in [0.1, 0.15) is 12.0 Å². The Morgan fingerprint density at radius 2 is 2.00 bits per heavy atom. The highest BCUT2D eigenvalue weighted by atomic mass is 16.4. The monoisotopic (exact) mass is 276 g/mol. The number of aliphatic carboxylic acids is 1. The van der Waals surface area contributed by atoms with Gasteiger partial charge in [0.2, 0.25) is 11.8 Å². The number of carboxylic acids is 1. The first-order valence-electron chi connectivity index (χ1n) is 6.37. The molecule has 0 aromatic heterocycles. The van der Waals surface area contributed by atoms with E-state index in [-0.39, 0.29) is 18.2 Å². The molecular weight excluding hydrogens is 260 g/mol. The van der Waals surface area contributed by atoms with Gasteiger partial charge in [-0.15, -0.1) is 0 Å². The Kier molecular flexibility index (Phi) is 4.34. The Morgan fingerprint density at radius 3 is 2.65 bits per heavy atom. The molecule has 1 unspecified atom stereocenters. The molecule has 1 atom stereocenters. The summed E-state index contributed by atoms with van der Waals surface area (Å²) >= 11 is 0. The number of amides is 2. The van der Waals surface area contributed by atoms with Crippen LogP contribution in [0.15, 0.2) is 30.3 Å². The molecule has 1 aliphatic heterocycles. The summed E-state index contributed by atoms with van der Waals surface area (Å²) in [5, 5.41) is 10.8. The molecule has 1 aromatic carbocycles. The normalized spacial score (nSPS) is 18.1. The average Bonchev–Trinajstić information content (AvgIpc) is 2.79. The molecule has 6 nitrogen and oxygen atoms in total. The number of nitrogens with zero attached hydrogens (tertiary/aromatic N) is 1. The van der Waals surface area contributed by atoms with Crippen LogP contribution in [0.3, 0.4) is 0 Å². The largest absolute Gasteiger partial charge is 0.480 e. The lowest BCUT2D eigenvalue weighted by molar-refractivity contribution is -0.138. The van der Waals surface area contributed by atoms with Gasteiger partial charge in [0.25, 0.3) is 0 Å². The number of hydrogen-bond acceptors (Lipinski definition) is 3. The molecule has 1 saturated heterocycles. The maximum absolute atomic E-state index is 11.9. The summed E-state index contributed by atoms with van der Waals surface area (Å²) in [6, 6.07) is 9.54. The first-order valence-corrected chi connectivity index (χ1v) is 6.37. The van der Waals surface area contributed by atoms with Gasteiger partial charge < -0.3 is 15.3 Å². The molecule has 0 saturated carbocycles. The number of carbonyl (C=O) groups excluding carboxylic acids is 2. The van der Waals surface area contributed by atoms with Gasteiger partial charge in [0.05, 0.1) is 5.92 Å². The van der Waals surface area contributed by atoms with E-state index in [0.717, 1.165) is 5.56 Å². The summed E-state index contributed by atoms with van der Waals surface area (Å²) in [4.78, 5) is 35.6. The number of hydrogen-bond donors (Lipinski definition) is 2. The zero-order valence-corrected chi connectivity index (χ0v) is 10.9. The minimum atomic E-state index is -1.09. The van der Waals surface area contributed by atoms with Crippen LogP contribution >= 0.6 is 0 Å². The SMILES string of the molecule is O=C(O)CNC(=O)C1CC(=O)N(Cc2ccccc2)C1. The number of likely N-dealkylation sites (tertiary alicyclic amines) is 1. The summed E-state index contributed by atoms with van der Waals surface area (Å²) in [7, 11) is 0. The Hall–Kier alpha value is -2.37. The van der Waals surface area contributed by atoms with Crippen molar-refractivity contribution in [3.05, 3.63) is 35.9 Å². The van der Waals surface area contributed by atoms with Gasteiger partial charge in [0.1, 0.15) is 6.54 Å². The lowest BCUT2D eigenvalue weighted by Gasteiger charge is -2.16. The van der Waals surface area contributed by atoms with E-state index in [1.165, 1.54) is 0 Å². The topological polar surface area (TPSA) is 86.7 Å². The molecule has 0 radical (unpaired) electrons. The van der Waals surface area contributed by atoms with Crippen LogP contribution in [-0.4, -0.2) is 40.9 Å². The minimum absolute atomic E-state index is 0.0793. The molecule has 1 aromatic rings. The van der Waals surface area contributed by atoms with E-state index in [1.54, 1.807) is 4.90 Å². The van der Waals surface area contributed by atoms with E-state index in [0.29, 0.717) is 13.1 Å². The van der Waals surface area contributed by atoms with Crippen LogP contribution < -0.4 is 5.32 Å². The molecule has 1 aliphatic rings. The van der Waals surface area contributed by atoms with E-state index in [4.69, 9.17) is 5.11 Å². The minimum Gasteiger partial charge on any atom is -0.480 e. The molecule has 0 aliphatic carbocycles. The van der Waals surface area contributed by atoms with Gasteiger partial charge in [-0.1, -0.05) is 30.3 Å². The Labute approximate surface area is 116 Å². The highest BCUT2D eigenvalue weighted by Crippen LogP contribution is 2.20. The van der Waals surface area contributed by atoms with E-state index in [1.807, 2.05) is 30.3 Å². The Bertz CT molecular complexity index is 515. The van der Waals surface area contributed by atoms with Crippen LogP contribution in [0.2, 0.25) is 0 Å². The maximum atomic E-state index is 11.9. The van der Waals surface area contributed by atoms with Crippen molar-refractivity contribution in [1.29, 1.82) is 0 Å². The third-order valence-electron chi connectivity index (χ3n) is 3.22. The molecule has 2 amide bonds. The zero-order valence-electron chi connectivity index (χ0n) is 10.9. The molecule has 6 heteroatoms. The van der Waals surface area contributed by atoms with Crippen molar-refractivity contribution < 1.29 is 19.5 Å². The highest BCUT2D eigenvalue weighted by molar-refractivity contribution is 5.90. The van der Waals surface area contributed by atoms with Gasteiger partial charge in [-0.05, 0) is 5.56 Å². The second-order valence-electron chi connectivity index (χ2n) is 4.77.